The molecule has 1 saturated carbocycles. The third kappa shape index (κ3) is 3.20. The molecule has 3 nitrogen and oxygen atoms in total. The van der Waals surface area contributed by atoms with Gasteiger partial charge in [0.2, 0.25) is 0 Å². The number of hydrogen-bond donors (Lipinski definition) is 1. The Kier molecular flexibility index (Phi) is 3.51. The molecule has 2 fully saturated rings. The van der Waals surface area contributed by atoms with Gasteiger partial charge in [0, 0.05) is 25.2 Å². The molecule has 0 radical (unpaired) electrons. The lowest BCUT2D eigenvalue weighted by atomic mass is 9.91. The summed E-state index contributed by atoms with van der Waals surface area (Å²) in [4.78, 5) is 2.62. The van der Waals surface area contributed by atoms with Crippen molar-refractivity contribution in [2.24, 2.45) is 5.41 Å². The van der Waals surface area contributed by atoms with Crippen LogP contribution in [0.2, 0.25) is 0 Å². The normalized spacial score (nSPS) is 26.9. The fraction of sp³-hybridized carbons (Fsp3) is 0.923. The Bertz CT molecular complexity index is 275. The monoisotopic (exact) mass is 221 g/mol. The van der Waals surface area contributed by atoms with Crippen LogP contribution in [-0.2, 0) is 0 Å². The molecule has 90 valence electrons. The van der Waals surface area contributed by atoms with E-state index in [0.29, 0.717) is 6.04 Å². The van der Waals surface area contributed by atoms with Gasteiger partial charge in [0.25, 0.3) is 0 Å². The second kappa shape index (κ2) is 4.73. The molecule has 16 heavy (non-hydrogen) atoms. The molecule has 0 aromatic carbocycles. The van der Waals surface area contributed by atoms with Crippen LogP contribution in [0, 0.1) is 16.7 Å². The molecule has 0 amide bonds. The lowest BCUT2D eigenvalue weighted by Crippen LogP contribution is -2.35. The van der Waals surface area contributed by atoms with Gasteiger partial charge in [-0.1, -0.05) is 0 Å². The number of nitrogens with zero attached hydrogens (tertiary/aromatic N) is 2. The number of likely N-dealkylation sites (tertiary alicyclic amines) is 1. The van der Waals surface area contributed by atoms with Crippen LogP contribution in [0.25, 0.3) is 0 Å². The summed E-state index contributed by atoms with van der Waals surface area (Å²) in [5, 5.41) is 12.5. The van der Waals surface area contributed by atoms with Crippen molar-refractivity contribution in [2.45, 2.75) is 51.6 Å². The van der Waals surface area contributed by atoms with E-state index in [2.05, 4.69) is 16.3 Å². The smallest absolute Gasteiger partial charge is 0.0684 e. The highest BCUT2D eigenvalue weighted by molar-refractivity contribution is 4.94. The summed E-state index contributed by atoms with van der Waals surface area (Å²) in [6.07, 6.45) is 5.05. The first-order valence-corrected chi connectivity index (χ1v) is 6.49. The lowest BCUT2D eigenvalue weighted by Gasteiger charge is -2.19. The minimum Gasteiger partial charge on any atom is -0.313 e. The van der Waals surface area contributed by atoms with Crippen molar-refractivity contribution < 1.29 is 0 Å². The molecule has 1 atom stereocenters. The van der Waals surface area contributed by atoms with Crippen molar-refractivity contribution in [3.63, 3.8) is 0 Å². The highest BCUT2D eigenvalue weighted by atomic mass is 15.2. The molecule has 3 heteroatoms. The average molecular weight is 221 g/mol. The van der Waals surface area contributed by atoms with E-state index in [1.807, 2.05) is 13.8 Å². The predicted molar refractivity (Wildman–Crippen MR) is 65.0 cm³/mol. The molecule has 1 N–H and O–H groups in total. The number of nitrogens with one attached hydrogen (secondary N) is 1. The molecule has 0 aromatic rings. The molecule has 1 heterocycles. The summed E-state index contributed by atoms with van der Waals surface area (Å²) >= 11 is 0. The Morgan fingerprint density at radius 1 is 1.38 bits per heavy atom. The summed E-state index contributed by atoms with van der Waals surface area (Å²) in [6.45, 7) is 7.49. The van der Waals surface area contributed by atoms with E-state index in [0.717, 1.165) is 19.0 Å². The van der Waals surface area contributed by atoms with Gasteiger partial charge in [0.1, 0.15) is 0 Å². The van der Waals surface area contributed by atoms with Crippen LogP contribution >= 0.6 is 0 Å². The van der Waals surface area contributed by atoms with Crippen LogP contribution in [0.3, 0.4) is 0 Å². The second-order valence-corrected chi connectivity index (χ2v) is 5.91. The number of hydrogen-bond acceptors (Lipinski definition) is 3. The SMILES string of the molecule is CC(C)(C#N)CCNC1CCN(C2CC2)C1. The maximum atomic E-state index is 8.92. The van der Waals surface area contributed by atoms with Crippen LogP contribution in [0.1, 0.15) is 39.5 Å². The van der Waals surface area contributed by atoms with Crippen molar-refractivity contribution in [3.8, 4) is 6.07 Å². The van der Waals surface area contributed by atoms with Gasteiger partial charge in [0.05, 0.1) is 11.5 Å². The minimum absolute atomic E-state index is 0.179. The Labute approximate surface area is 98.8 Å². The van der Waals surface area contributed by atoms with Gasteiger partial charge >= 0.3 is 0 Å². The van der Waals surface area contributed by atoms with Crippen LogP contribution in [0.15, 0.2) is 0 Å². The number of nitriles is 1. The Morgan fingerprint density at radius 2 is 2.12 bits per heavy atom. The van der Waals surface area contributed by atoms with E-state index in [1.165, 1.54) is 32.4 Å². The average Bonchev–Trinajstić information content (AvgIpc) is 3.00. The van der Waals surface area contributed by atoms with Gasteiger partial charge in [-0.3, -0.25) is 4.90 Å². The third-order valence-corrected chi connectivity index (χ3v) is 3.77. The van der Waals surface area contributed by atoms with Gasteiger partial charge in [-0.25, -0.2) is 0 Å². The molecule has 2 aliphatic rings. The molecular formula is C13H23N3. The first-order chi connectivity index (χ1) is 7.61. The number of rotatable bonds is 5. The van der Waals surface area contributed by atoms with Gasteiger partial charge < -0.3 is 5.32 Å². The molecule has 2 rings (SSSR count). The van der Waals surface area contributed by atoms with E-state index >= 15 is 0 Å². The largest absolute Gasteiger partial charge is 0.313 e. The Morgan fingerprint density at radius 3 is 2.75 bits per heavy atom. The maximum Gasteiger partial charge on any atom is 0.0684 e. The van der Waals surface area contributed by atoms with Crippen molar-refractivity contribution in [1.82, 2.24) is 10.2 Å². The molecule has 1 unspecified atom stereocenters. The fourth-order valence-corrected chi connectivity index (χ4v) is 2.37. The summed E-state index contributed by atoms with van der Waals surface area (Å²) in [5.74, 6) is 0. The zero-order chi connectivity index (χ0) is 11.6. The van der Waals surface area contributed by atoms with Crippen molar-refractivity contribution in [1.29, 1.82) is 5.26 Å². The zero-order valence-electron chi connectivity index (χ0n) is 10.5. The predicted octanol–water partition coefficient (Wildman–Crippen LogP) is 1.75. The molecule has 0 spiro atoms. The molecule has 0 bridgehead atoms. The van der Waals surface area contributed by atoms with Crippen molar-refractivity contribution in [3.05, 3.63) is 0 Å². The van der Waals surface area contributed by atoms with Gasteiger partial charge in [0.15, 0.2) is 0 Å². The molecule has 1 saturated heterocycles. The summed E-state index contributed by atoms with van der Waals surface area (Å²) in [6, 6.07) is 3.92. The van der Waals surface area contributed by atoms with E-state index in [1.54, 1.807) is 0 Å². The standard InChI is InChI=1S/C13H23N3/c1-13(2,10-14)6-7-15-11-5-8-16(9-11)12-3-4-12/h11-12,15H,3-9H2,1-2H3. The quantitative estimate of drug-likeness (QED) is 0.769. The minimum atomic E-state index is -0.179. The summed E-state index contributed by atoms with van der Waals surface area (Å²) in [5.41, 5.74) is -0.179. The first kappa shape index (κ1) is 11.9. The van der Waals surface area contributed by atoms with E-state index in [9.17, 15) is 0 Å². The lowest BCUT2D eigenvalue weighted by molar-refractivity contribution is 0.315. The Balaban J connectivity index is 1.62. The van der Waals surface area contributed by atoms with Crippen molar-refractivity contribution in [2.75, 3.05) is 19.6 Å². The van der Waals surface area contributed by atoms with Crippen LogP contribution < -0.4 is 5.32 Å². The summed E-state index contributed by atoms with van der Waals surface area (Å²) in [7, 11) is 0. The highest BCUT2D eigenvalue weighted by Gasteiger charge is 2.34. The van der Waals surface area contributed by atoms with Crippen LogP contribution in [0.4, 0.5) is 0 Å². The van der Waals surface area contributed by atoms with E-state index < -0.39 is 0 Å². The Hall–Kier alpha value is -0.590. The third-order valence-electron chi connectivity index (χ3n) is 3.77. The van der Waals surface area contributed by atoms with Gasteiger partial charge in [-0.15, -0.1) is 0 Å². The summed E-state index contributed by atoms with van der Waals surface area (Å²) < 4.78 is 0. The molecule has 1 aliphatic heterocycles. The molecule has 1 aliphatic carbocycles. The topological polar surface area (TPSA) is 39.1 Å². The van der Waals surface area contributed by atoms with E-state index in [-0.39, 0.29) is 5.41 Å². The van der Waals surface area contributed by atoms with Crippen LogP contribution in [-0.4, -0.2) is 36.6 Å². The van der Waals surface area contributed by atoms with Gasteiger partial charge in [-0.2, -0.15) is 5.26 Å². The highest BCUT2D eigenvalue weighted by Crippen LogP contribution is 2.29. The second-order valence-electron chi connectivity index (χ2n) is 5.91. The van der Waals surface area contributed by atoms with Crippen molar-refractivity contribution >= 4 is 0 Å². The van der Waals surface area contributed by atoms with E-state index in [4.69, 9.17) is 5.26 Å². The van der Waals surface area contributed by atoms with Gasteiger partial charge in [-0.05, 0) is 46.1 Å². The molecular weight excluding hydrogens is 198 g/mol. The fourth-order valence-electron chi connectivity index (χ4n) is 2.37. The first-order valence-electron chi connectivity index (χ1n) is 6.49. The maximum absolute atomic E-state index is 8.92. The zero-order valence-corrected chi connectivity index (χ0v) is 10.5. The van der Waals surface area contributed by atoms with Crippen LogP contribution in [0.5, 0.6) is 0 Å². The molecule has 0 aromatic heterocycles.